The molecule has 1 amide bonds. The first-order valence-corrected chi connectivity index (χ1v) is 10.1. The Kier molecular flexibility index (Phi) is 6.74. The van der Waals surface area contributed by atoms with Crippen LogP contribution in [0.2, 0.25) is 0 Å². The number of nitrogens with zero attached hydrogens (tertiary/aromatic N) is 2. The summed E-state index contributed by atoms with van der Waals surface area (Å²) < 4.78 is 10.4. The van der Waals surface area contributed by atoms with E-state index in [1.54, 1.807) is 44.4 Å². The molecule has 8 nitrogen and oxygen atoms in total. The lowest BCUT2D eigenvalue weighted by Gasteiger charge is -2.27. The van der Waals surface area contributed by atoms with Gasteiger partial charge in [0.05, 0.1) is 25.8 Å². The number of aliphatic hydroxyl groups excluding tert-OH is 1. The number of likely N-dealkylation sites (N-methyl/N-ethyl adjacent to an activating group) is 1. The molecule has 1 atom stereocenters. The molecule has 1 aliphatic heterocycles. The van der Waals surface area contributed by atoms with E-state index in [1.165, 1.54) is 18.1 Å². The number of aliphatic hydroxyl groups is 1. The maximum Gasteiger partial charge on any atom is 0.295 e. The van der Waals surface area contributed by atoms with Crippen LogP contribution in [-0.4, -0.2) is 73.1 Å². The predicted molar refractivity (Wildman–Crippen MR) is 120 cm³/mol. The molecule has 2 aromatic carbocycles. The fraction of sp³-hybridized carbons (Fsp3) is 0.333. The second-order valence-electron chi connectivity index (χ2n) is 7.91. The molecule has 3 rings (SSSR count). The van der Waals surface area contributed by atoms with Crippen molar-refractivity contribution in [2.45, 2.75) is 13.0 Å². The Hall–Kier alpha value is -3.52. The second kappa shape index (κ2) is 9.32. The van der Waals surface area contributed by atoms with Crippen LogP contribution in [0.5, 0.6) is 17.2 Å². The summed E-state index contributed by atoms with van der Waals surface area (Å²) in [5.74, 6) is -0.933. The van der Waals surface area contributed by atoms with E-state index in [2.05, 4.69) is 0 Å². The Morgan fingerprint density at radius 1 is 1.09 bits per heavy atom. The van der Waals surface area contributed by atoms with Crippen LogP contribution in [0.25, 0.3) is 5.76 Å². The van der Waals surface area contributed by atoms with Crippen LogP contribution >= 0.6 is 0 Å². The maximum atomic E-state index is 13.1. The summed E-state index contributed by atoms with van der Waals surface area (Å²) in [4.78, 5) is 29.4. The molecule has 8 heteroatoms. The van der Waals surface area contributed by atoms with Crippen LogP contribution in [0, 0.1) is 6.92 Å². The van der Waals surface area contributed by atoms with Gasteiger partial charge in [-0.25, -0.2) is 0 Å². The number of benzene rings is 2. The molecule has 1 fully saturated rings. The third kappa shape index (κ3) is 4.27. The number of rotatable bonds is 7. The van der Waals surface area contributed by atoms with Gasteiger partial charge >= 0.3 is 0 Å². The molecular formula is C24H28N2O6. The number of hydrogen-bond donors (Lipinski definition) is 2. The van der Waals surface area contributed by atoms with E-state index in [9.17, 15) is 19.8 Å². The number of aryl methyl sites for hydroxylation is 1. The standard InChI is InChI=1S/C24H28N2O6/c1-14-12-16(31-4)7-8-17(14)22(28)20-21(15-6-9-18(27)19(13-15)32-5)26(11-10-25(2)3)24(30)23(20)29/h6-9,12-13,21,27-28H,10-11H2,1-5H3/t21-/m1/s1. The molecule has 2 aromatic rings. The number of phenolic OH excluding ortho intramolecular Hbond substituents is 1. The molecule has 170 valence electrons. The van der Waals surface area contributed by atoms with E-state index < -0.39 is 17.7 Å². The number of carbonyl (C=O) groups excluding carboxylic acids is 2. The Morgan fingerprint density at radius 2 is 1.81 bits per heavy atom. The molecule has 1 saturated heterocycles. The van der Waals surface area contributed by atoms with E-state index >= 15 is 0 Å². The molecule has 32 heavy (non-hydrogen) atoms. The van der Waals surface area contributed by atoms with Gasteiger partial charge in [0.25, 0.3) is 11.7 Å². The molecule has 0 spiro atoms. The van der Waals surface area contributed by atoms with Crippen molar-refractivity contribution < 1.29 is 29.3 Å². The molecule has 0 bridgehead atoms. The summed E-state index contributed by atoms with van der Waals surface area (Å²) in [6.45, 7) is 2.60. The lowest BCUT2D eigenvalue weighted by molar-refractivity contribution is -0.140. The lowest BCUT2D eigenvalue weighted by atomic mass is 9.93. The van der Waals surface area contributed by atoms with Crippen molar-refractivity contribution in [1.29, 1.82) is 0 Å². The van der Waals surface area contributed by atoms with Crippen LogP contribution in [0.4, 0.5) is 0 Å². The first kappa shape index (κ1) is 23.1. The van der Waals surface area contributed by atoms with Crippen molar-refractivity contribution in [2.75, 3.05) is 41.4 Å². The number of aromatic hydroxyl groups is 1. The van der Waals surface area contributed by atoms with Gasteiger partial charge < -0.3 is 29.5 Å². The molecule has 0 unspecified atom stereocenters. The van der Waals surface area contributed by atoms with Gasteiger partial charge in [-0.2, -0.15) is 0 Å². The van der Waals surface area contributed by atoms with Gasteiger partial charge in [-0.3, -0.25) is 9.59 Å². The van der Waals surface area contributed by atoms with E-state index in [0.717, 1.165) is 0 Å². The SMILES string of the molecule is COc1ccc(C(O)=C2C(=O)C(=O)N(CCN(C)C)[C@@H]2c2ccc(O)c(OC)c2)c(C)c1. The Morgan fingerprint density at radius 3 is 2.41 bits per heavy atom. The number of hydrogen-bond acceptors (Lipinski definition) is 7. The van der Waals surface area contributed by atoms with E-state index in [4.69, 9.17) is 9.47 Å². The quantitative estimate of drug-likeness (QED) is 0.388. The highest BCUT2D eigenvalue weighted by Crippen LogP contribution is 2.42. The third-order valence-corrected chi connectivity index (χ3v) is 5.54. The maximum absolute atomic E-state index is 13.1. The number of ether oxygens (including phenoxy) is 2. The highest BCUT2D eigenvalue weighted by atomic mass is 16.5. The number of carbonyl (C=O) groups is 2. The molecule has 0 saturated carbocycles. The zero-order valence-corrected chi connectivity index (χ0v) is 18.9. The fourth-order valence-corrected chi connectivity index (χ4v) is 3.80. The first-order chi connectivity index (χ1) is 15.2. The summed E-state index contributed by atoms with van der Waals surface area (Å²) >= 11 is 0. The molecule has 0 aliphatic carbocycles. The van der Waals surface area contributed by atoms with Crippen LogP contribution < -0.4 is 9.47 Å². The van der Waals surface area contributed by atoms with Crippen molar-refractivity contribution in [3.05, 3.63) is 58.7 Å². The van der Waals surface area contributed by atoms with Crippen LogP contribution in [-0.2, 0) is 9.59 Å². The number of Topliss-reactive ketones (excluding diaryl/α,β-unsaturated/α-hetero) is 1. The second-order valence-corrected chi connectivity index (χ2v) is 7.91. The summed E-state index contributed by atoms with van der Waals surface area (Å²) in [7, 11) is 6.71. The van der Waals surface area contributed by atoms with Gasteiger partial charge in [0.2, 0.25) is 0 Å². The zero-order chi connectivity index (χ0) is 23.6. The Balaban J connectivity index is 2.20. The third-order valence-electron chi connectivity index (χ3n) is 5.54. The molecule has 0 aromatic heterocycles. The van der Waals surface area contributed by atoms with Crippen molar-refractivity contribution in [2.24, 2.45) is 0 Å². The minimum Gasteiger partial charge on any atom is -0.507 e. The van der Waals surface area contributed by atoms with Crippen LogP contribution in [0.1, 0.15) is 22.7 Å². The summed E-state index contributed by atoms with van der Waals surface area (Å²) in [5.41, 5.74) is 1.68. The van der Waals surface area contributed by atoms with Gasteiger partial charge in [0, 0.05) is 18.7 Å². The smallest absolute Gasteiger partial charge is 0.295 e. The predicted octanol–water partition coefficient (Wildman–Crippen LogP) is 2.70. The zero-order valence-electron chi connectivity index (χ0n) is 18.9. The lowest BCUT2D eigenvalue weighted by Crippen LogP contribution is -2.35. The summed E-state index contributed by atoms with van der Waals surface area (Å²) in [5, 5.41) is 21.2. The number of phenols is 1. The topological polar surface area (TPSA) is 99.5 Å². The van der Waals surface area contributed by atoms with Crippen LogP contribution in [0.3, 0.4) is 0 Å². The average Bonchev–Trinajstić information content (AvgIpc) is 3.02. The fourth-order valence-electron chi connectivity index (χ4n) is 3.80. The van der Waals surface area contributed by atoms with Gasteiger partial charge in [0.1, 0.15) is 11.5 Å². The largest absolute Gasteiger partial charge is 0.507 e. The van der Waals surface area contributed by atoms with Crippen molar-refractivity contribution in [3.8, 4) is 17.2 Å². The van der Waals surface area contributed by atoms with Gasteiger partial charge in [-0.1, -0.05) is 6.07 Å². The van der Waals surface area contributed by atoms with E-state index in [1.807, 2.05) is 19.0 Å². The van der Waals surface area contributed by atoms with E-state index in [0.29, 0.717) is 29.0 Å². The number of amides is 1. The highest BCUT2D eigenvalue weighted by Gasteiger charge is 2.46. The normalized spacial score (nSPS) is 17.8. The Bertz CT molecular complexity index is 1080. The summed E-state index contributed by atoms with van der Waals surface area (Å²) in [6, 6.07) is 8.89. The Labute approximate surface area is 187 Å². The van der Waals surface area contributed by atoms with Crippen LogP contribution in [0.15, 0.2) is 42.0 Å². The molecular weight excluding hydrogens is 412 g/mol. The van der Waals surface area contributed by atoms with Crippen molar-refractivity contribution in [1.82, 2.24) is 9.80 Å². The average molecular weight is 440 g/mol. The van der Waals surface area contributed by atoms with Gasteiger partial charge in [-0.05, 0) is 62.5 Å². The van der Waals surface area contributed by atoms with E-state index in [-0.39, 0.29) is 29.4 Å². The van der Waals surface area contributed by atoms with Gasteiger partial charge in [-0.15, -0.1) is 0 Å². The van der Waals surface area contributed by atoms with Crippen molar-refractivity contribution in [3.63, 3.8) is 0 Å². The molecule has 1 aliphatic rings. The minimum absolute atomic E-state index is 0.00485. The number of ketones is 1. The number of methoxy groups -OCH3 is 2. The first-order valence-electron chi connectivity index (χ1n) is 10.1. The van der Waals surface area contributed by atoms with Crippen molar-refractivity contribution >= 4 is 17.4 Å². The number of likely N-dealkylation sites (tertiary alicyclic amines) is 1. The molecule has 1 heterocycles. The summed E-state index contributed by atoms with van der Waals surface area (Å²) in [6.07, 6.45) is 0. The van der Waals surface area contributed by atoms with Gasteiger partial charge in [0.15, 0.2) is 11.5 Å². The monoisotopic (exact) mass is 440 g/mol. The molecule has 0 radical (unpaired) electrons. The highest BCUT2D eigenvalue weighted by molar-refractivity contribution is 6.46. The minimum atomic E-state index is -0.828. The molecule has 2 N–H and O–H groups in total.